The molecule has 2 heterocycles. The van der Waals surface area contributed by atoms with Gasteiger partial charge in [-0.05, 0) is 32.7 Å². The second-order valence-electron chi connectivity index (χ2n) is 4.36. The molecule has 1 fully saturated rings. The number of aryl methyl sites for hydroxylation is 2. The summed E-state index contributed by atoms with van der Waals surface area (Å²) in [6.45, 7) is 5.61. The molecule has 2 nitrogen and oxygen atoms in total. The third-order valence-electron chi connectivity index (χ3n) is 3.01. The van der Waals surface area contributed by atoms with E-state index in [1.807, 2.05) is 11.3 Å². The average molecular weight is 224 g/mol. The number of aromatic nitrogens is 1. The third-order valence-corrected chi connectivity index (χ3v) is 4.04. The van der Waals surface area contributed by atoms with E-state index in [4.69, 9.17) is 4.98 Å². The van der Waals surface area contributed by atoms with Crippen LogP contribution in [0.5, 0.6) is 0 Å². The van der Waals surface area contributed by atoms with Crippen molar-refractivity contribution in [3.63, 3.8) is 0 Å². The Bertz CT molecular complexity index is 313. The van der Waals surface area contributed by atoms with E-state index in [-0.39, 0.29) is 0 Å². The Kier molecular flexibility index (Phi) is 3.76. The van der Waals surface area contributed by atoms with Gasteiger partial charge < -0.3 is 5.32 Å². The van der Waals surface area contributed by atoms with Gasteiger partial charge in [0.15, 0.2) is 0 Å². The third kappa shape index (κ3) is 2.79. The highest BCUT2D eigenvalue weighted by molar-refractivity contribution is 7.11. The Morgan fingerprint density at radius 1 is 1.53 bits per heavy atom. The van der Waals surface area contributed by atoms with E-state index in [1.54, 1.807) is 0 Å². The molecule has 1 aliphatic heterocycles. The summed E-state index contributed by atoms with van der Waals surface area (Å²) in [4.78, 5) is 6.16. The van der Waals surface area contributed by atoms with Crippen molar-refractivity contribution in [1.82, 2.24) is 10.3 Å². The molecule has 1 unspecified atom stereocenters. The second-order valence-corrected chi connectivity index (χ2v) is 5.65. The minimum absolute atomic E-state index is 0.685. The summed E-state index contributed by atoms with van der Waals surface area (Å²) in [7, 11) is 0. The van der Waals surface area contributed by atoms with E-state index in [1.165, 1.54) is 41.4 Å². The molecular weight excluding hydrogens is 204 g/mol. The van der Waals surface area contributed by atoms with Crippen LogP contribution in [0.3, 0.4) is 0 Å². The molecule has 0 radical (unpaired) electrons. The SMILES string of the molecule is CCCc1nc(CC2CCCN2)sc1C. The number of nitrogens with zero attached hydrogens (tertiary/aromatic N) is 1. The Morgan fingerprint density at radius 3 is 3.07 bits per heavy atom. The van der Waals surface area contributed by atoms with Crippen molar-refractivity contribution in [2.45, 2.75) is 52.0 Å². The summed E-state index contributed by atoms with van der Waals surface area (Å²) in [5.41, 5.74) is 1.33. The second kappa shape index (κ2) is 5.08. The molecule has 0 amide bonds. The lowest BCUT2D eigenvalue weighted by Gasteiger charge is -2.06. The molecule has 2 rings (SSSR count). The largest absolute Gasteiger partial charge is 0.314 e. The Labute approximate surface area is 96.1 Å². The molecule has 84 valence electrons. The van der Waals surface area contributed by atoms with Crippen LogP contribution in [0.25, 0.3) is 0 Å². The highest BCUT2D eigenvalue weighted by Crippen LogP contribution is 2.21. The molecule has 0 saturated carbocycles. The molecule has 1 saturated heterocycles. The maximum Gasteiger partial charge on any atom is 0.0946 e. The van der Waals surface area contributed by atoms with Crippen LogP contribution in [0, 0.1) is 6.92 Å². The minimum atomic E-state index is 0.685. The molecule has 1 aliphatic rings. The summed E-state index contributed by atoms with van der Waals surface area (Å²) in [5.74, 6) is 0. The smallest absolute Gasteiger partial charge is 0.0946 e. The van der Waals surface area contributed by atoms with Gasteiger partial charge in [0.1, 0.15) is 0 Å². The maximum absolute atomic E-state index is 4.74. The van der Waals surface area contributed by atoms with E-state index < -0.39 is 0 Å². The van der Waals surface area contributed by atoms with Crippen molar-refractivity contribution in [2.75, 3.05) is 6.54 Å². The number of nitrogens with one attached hydrogen (secondary N) is 1. The lowest BCUT2D eigenvalue weighted by molar-refractivity contribution is 0.600. The molecule has 1 N–H and O–H groups in total. The zero-order valence-electron chi connectivity index (χ0n) is 9.68. The fourth-order valence-corrected chi connectivity index (χ4v) is 3.24. The van der Waals surface area contributed by atoms with Crippen LogP contribution in [0.2, 0.25) is 0 Å². The Morgan fingerprint density at radius 2 is 2.40 bits per heavy atom. The molecule has 0 aliphatic carbocycles. The number of thiazole rings is 1. The zero-order valence-corrected chi connectivity index (χ0v) is 10.5. The van der Waals surface area contributed by atoms with Gasteiger partial charge in [0.05, 0.1) is 10.7 Å². The summed E-state index contributed by atoms with van der Waals surface area (Å²) < 4.78 is 0. The van der Waals surface area contributed by atoms with Crippen LogP contribution in [0.15, 0.2) is 0 Å². The Hall–Kier alpha value is -0.410. The summed E-state index contributed by atoms with van der Waals surface area (Å²) in [6, 6.07) is 0.685. The lowest BCUT2D eigenvalue weighted by Crippen LogP contribution is -2.23. The van der Waals surface area contributed by atoms with E-state index in [0.29, 0.717) is 6.04 Å². The van der Waals surface area contributed by atoms with Crippen LogP contribution in [-0.2, 0) is 12.8 Å². The normalized spacial score (nSPS) is 21.1. The maximum atomic E-state index is 4.74. The molecule has 15 heavy (non-hydrogen) atoms. The van der Waals surface area contributed by atoms with Crippen molar-refractivity contribution in [3.8, 4) is 0 Å². The van der Waals surface area contributed by atoms with E-state index in [0.717, 1.165) is 12.8 Å². The number of hydrogen-bond donors (Lipinski definition) is 1. The van der Waals surface area contributed by atoms with E-state index in [2.05, 4.69) is 19.2 Å². The highest BCUT2D eigenvalue weighted by Gasteiger charge is 2.17. The fraction of sp³-hybridized carbons (Fsp3) is 0.750. The highest BCUT2D eigenvalue weighted by atomic mass is 32.1. The topological polar surface area (TPSA) is 24.9 Å². The quantitative estimate of drug-likeness (QED) is 0.850. The molecule has 3 heteroatoms. The zero-order chi connectivity index (χ0) is 10.7. The van der Waals surface area contributed by atoms with Gasteiger partial charge in [-0.25, -0.2) is 4.98 Å². The minimum Gasteiger partial charge on any atom is -0.314 e. The van der Waals surface area contributed by atoms with Crippen molar-refractivity contribution in [1.29, 1.82) is 0 Å². The van der Waals surface area contributed by atoms with Crippen LogP contribution in [0.1, 0.15) is 41.8 Å². The molecule has 1 atom stereocenters. The summed E-state index contributed by atoms with van der Waals surface area (Å²) >= 11 is 1.89. The predicted octanol–water partition coefficient (Wildman–Crippen LogP) is 2.70. The van der Waals surface area contributed by atoms with Crippen molar-refractivity contribution >= 4 is 11.3 Å². The first-order chi connectivity index (χ1) is 7.29. The van der Waals surface area contributed by atoms with Crippen LogP contribution >= 0.6 is 11.3 Å². The number of rotatable bonds is 4. The molecule has 0 aromatic carbocycles. The lowest BCUT2D eigenvalue weighted by atomic mass is 10.2. The molecule has 0 bridgehead atoms. The number of hydrogen-bond acceptors (Lipinski definition) is 3. The van der Waals surface area contributed by atoms with Gasteiger partial charge in [-0.3, -0.25) is 0 Å². The van der Waals surface area contributed by atoms with E-state index >= 15 is 0 Å². The first kappa shape index (κ1) is 11.1. The molecular formula is C12H20N2S. The van der Waals surface area contributed by atoms with Gasteiger partial charge in [-0.2, -0.15) is 0 Å². The van der Waals surface area contributed by atoms with E-state index in [9.17, 15) is 0 Å². The van der Waals surface area contributed by atoms with Gasteiger partial charge in [0, 0.05) is 17.3 Å². The van der Waals surface area contributed by atoms with Crippen molar-refractivity contribution < 1.29 is 0 Å². The van der Waals surface area contributed by atoms with Gasteiger partial charge in [-0.1, -0.05) is 13.3 Å². The summed E-state index contributed by atoms with van der Waals surface area (Å²) in [6.07, 6.45) is 6.12. The molecule has 1 aromatic heterocycles. The first-order valence-electron chi connectivity index (χ1n) is 5.98. The molecule has 0 spiro atoms. The standard InChI is InChI=1S/C12H20N2S/c1-3-5-11-9(2)15-12(14-11)8-10-6-4-7-13-10/h10,13H,3-8H2,1-2H3. The predicted molar refractivity (Wildman–Crippen MR) is 65.6 cm³/mol. The van der Waals surface area contributed by atoms with Crippen LogP contribution in [-0.4, -0.2) is 17.6 Å². The van der Waals surface area contributed by atoms with Crippen LogP contribution in [0.4, 0.5) is 0 Å². The van der Waals surface area contributed by atoms with Gasteiger partial charge >= 0.3 is 0 Å². The van der Waals surface area contributed by atoms with Gasteiger partial charge in [0.2, 0.25) is 0 Å². The summed E-state index contributed by atoms with van der Waals surface area (Å²) in [5, 5.41) is 4.86. The monoisotopic (exact) mass is 224 g/mol. The first-order valence-corrected chi connectivity index (χ1v) is 6.79. The average Bonchev–Trinajstić information content (AvgIpc) is 2.79. The van der Waals surface area contributed by atoms with Crippen molar-refractivity contribution in [3.05, 3.63) is 15.6 Å². The van der Waals surface area contributed by atoms with Gasteiger partial charge in [-0.15, -0.1) is 11.3 Å². The Balaban J connectivity index is 1.98. The molecule has 1 aromatic rings. The fourth-order valence-electron chi connectivity index (χ4n) is 2.19. The van der Waals surface area contributed by atoms with Crippen LogP contribution < -0.4 is 5.32 Å². The van der Waals surface area contributed by atoms with Crippen molar-refractivity contribution in [2.24, 2.45) is 0 Å². The van der Waals surface area contributed by atoms with Gasteiger partial charge in [0.25, 0.3) is 0 Å².